The van der Waals surface area contributed by atoms with E-state index in [-0.39, 0.29) is 119 Å². The predicted molar refractivity (Wildman–Crippen MR) is 467 cm³/mol. The summed E-state index contributed by atoms with van der Waals surface area (Å²) in [6.07, 6.45) is 13.8. The summed E-state index contributed by atoms with van der Waals surface area (Å²) in [5.41, 5.74) is 8.12. The zero-order chi connectivity index (χ0) is 93.5. The Morgan fingerprint density at radius 2 is 0.976 bits per heavy atom. The summed E-state index contributed by atoms with van der Waals surface area (Å²) < 4.78 is 33.6. The fraction of sp³-hybridized carbons (Fsp3) is 0.567. The maximum Gasteiger partial charge on any atom is 0.340 e. The minimum Gasteiger partial charge on any atom is -0.508 e. The Hall–Kier alpha value is -10.2. The first-order chi connectivity index (χ1) is 59.0. The number of fused-ring (bicyclic) bond motifs is 4. The van der Waals surface area contributed by atoms with E-state index in [4.69, 9.17) is 18.5 Å². The molecule has 16 atom stereocenters. The standard InChI is InChI=1S/C43H61N5O10.C39H54N4O10.C8H18NO4P/c1-26(2)38-41(55)44-34(25-30-15-12-16-31(50)24-30)42(56)48-23-13-17-33(46-48)43(57)58-36(27(3)14-11-20-37(52)47(6)7)19-10-8-9-18-35(51)29(5)39(53)32(40(54)45-38)22-21-28(4)49;1-23(2)34-37(50)40-31(22-27-11-9-12-28(46)21-27)38(51)43-19-10-13-30(42-43)39(52)53-33(24(3)18-20-44)15-8-6-7-14-32(47)26(5)35(48)29(36(49)41-34)17-16-25(4)45;1-5-12-14(11,13-6-2)7-8(10)9(3)4/h8-12,14-16,18,20,24,26,29,32-36,38-39,46,50-51,53H,13,17,19,21-23,25H2,1-7H3,(H,44,55)(H,45,54);6-9,11-12,14,18,20-21,23,26,29-35,42,46-48H,10,13,15-17,19,22H2,1-5H3,(H,40,50)(H,41,49);5-7H2,1-4H3/b10-8+,18-9+,20-11+,27-14+;8-6+,14-7+,24-18+;/t29-,32+,33?,34-,35-,36-,38-,39+;26-,29+,30?,31-,32-,33-,34-,35+;/m00./s1. The number of carbonyl (C=O) groups excluding carboxylic acids is 13. The number of benzene rings is 2. The minimum absolute atomic E-state index is 0.0247. The lowest BCUT2D eigenvalue weighted by Crippen LogP contribution is -2.62. The van der Waals surface area contributed by atoms with Gasteiger partial charge in [0, 0.05) is 97.7 Å². The molecule has 2 saturated heterocycles. The molecule has 4 bridgehead atoms. The molecule has 4 aliphatic heterocycles. The Morgan fingerprint density at radius 3 is 1.33 bits per heavy atom. The highest BCUT2D eigenvalue weighted by Crippen LogP contribution is 2.48. The number of allylic oxidation sites excluding steroid dienone is 7. The molecule has 2 fully saturated rings. The van der Waals surface area contributed by atoms with Crippen LogP contribution < -0.4 is 32.1 Å². The molecule has 692 valence electrons. The van der Waals surface area contributed by atoms with Gasteiger partial charge in [-0.3, -0.25) is 67.3 Å². The van der Waals surface area contributed by atoms with Gasteiger partial charge in [-0.1, -0.05) is 127 Å². The van der Waals surface area contributed by atoms with Crippen molar-refractivity contribution in [2.45, 2.75) is 233 Å². The number of carbonyl (C=O) groups is 13. The van der Waals surface area contributed by atoms with Crippen molar-refractivity contribution in [3.05, 3.63) is 144 Å². The van der Waals surface area contributed by atoms with Gasteiger partial charge in [-0.15, -0.1) is 0 Å². The number of phenols is 2. The number of aliphatic hydroxyl groups is 4. The molecule has 0 aliphatic carbocycles. The number of aromatic hydroxyl groups is 2. The number of likely N-dealkylation sites (N-methyl/N-ethyl adjacent to an activating group) is 1. The molecule has 125 heavy (non-hydrogen) atoms. The molecule has 35 heteroatoms. The van der Waals surface area contributed by atoms with E-state index in [1.807, 2.05) is 0 Å². The van der Waals surface area contributed by atoms with Gasteiger partial charge in [0.1, 0.15) is 84.0 Å². The lowest BCUT2D eigenvalue weighted by molar-refractivity contribution is -0.157. The van der Waals surface area contributed by atoms with E-state index in [0.717, 1.165) is 0 Å². The second-order valence-electron chi connectivity index (χ2n) is 32.7. The summed E-state index contributed by atoms with van der Waals surface area (Å²) in [6.45, 7) is 20.5. The van der Waals surface area contributed by atoms with E-state index in [9.17, 15) is 97.5 Å². The first-order valence-electron chi connectivity index (χ1n) is 42.4. The van der Waals surface area contributed by atoms with Crippen LogP contribution in [0.15, 0.2) is 133 Å². The number of aldehydes is 1. The summed E-state index contributed by atoms with van der Waals surface area (Å²) >= 11 is 0. The molecule has 12 N–H and O–H groups in total. The van der Waals surface area contributed by atoms with Crippen molar-refractivity contribution in [1.82, 2.24) is 51.9 Å². The highest BCUT2D eigenvalue weighted by Gasteiger charge is 2.42. The largest absolute Gasteiger partial charge is 0.508 e. The lowest BCUT2D eigenvalue weighted by atomic mass is 9.84. The average Bonchev–Trinajstić information content (AvgIpc) is 0.825. The van der Waals surface area contributed by atoms with Crippen molar-refractivity contribution >= 4 is 84.6 Å². The number of aliphatic hydroxyl groups excluding tert-OH is 4. The number of hydrazine groups is 2. The molecule has 0 saturated carbocycles. The van der Waals surface area contributed by atoms with Crippen LogP contribution in [-0.4, -0.2) is 261 Å². The number of hydrogen-bond donors (Lipinski definition) is 12. The Labute approximate surface area is 733 Å². The topological polar surface area (TPSA) is 482 Å². The van der Waals surface area contributed by atoms with Crippen LogP contribution in [-0.2, 0) is 98.3 Å². The third-order valence-corrected chi connectivity index (χ3v) is 23.3. The van der Waals surface area contributed by atoms with Gasteiger partial charge >= 0.3 is 19.5 Å². The molecule has 2 unspecified atom stereocenters. The maximum absolute atomic E-state index is 14.3. The van der Waals surface area contributed by atoms with Gasteiger partial charge in [-0.05, 0) is 145 Å². The van der Waals surface area contributed by atoms with Gasteiger partial charge in [0.15, 0.2) is 0 Å². The summed E-state index contributed by atoms with van der Waals surface area (Å²) in [5.74, 6) is -11.2. The highest BCUT2D eigenvalue weighted by molar-refractivity contribution is 7.54. The van der Waals surface area contributed by atoms with Crippen LogP contribution in [0.3, 0.4) is 0 Å². The first kappa shape index (κ1) is 107. The maximum atomic E-state index is 14.3. The zero-order valence-corrected chi connectivity index (χ0v) is 75.7. The van der Waals surface area contributed by atoms with Crippen LogP contribution in [0.25, 0.3) is 0 Å². The third kappa shape index (κ3) is 36.4. The Morgan fingerprint density at radius 1 is 0.576 bits per heavy atom. The number of esters is 2. The molecule has 2 aromatic carbocycles. The van der Waals surface area contributed by atoms with Crippen molar-refractivity contribution < 1.29 is 116 Å². The monoisotopic (exact) mass is 1770 g/mol. The number of phenolic OH excluding ortho intramolecular Hbond substituents is 2. The van der Waals surface area contributed by atoms with Crippen molar-refractivity contribution in [3.8, 4) is 11.5 Å². The fourth-order valence-corrected chi connectivity index (χ4v) is 15.3. The van der Waals surface area contributed by atoms with E-state index in [1.54, 1.807) is 170 Å². The molecular formula is C90H133N10O24P. The number of Topliss-reactive ketones (excluding diaryl/α,β-unsaturated/α-hetero) is 2. The van der Waals surface area contributed by atoms with E-state index >= 15 is 0 Å². The third-order valence-electron chi connectivity index (χ3n) is 21.4. The summed E-state index contributed by atoms with van der Waals surface area (Å²) in [4.78, 5) is 173. The van der Waals surface area contributed by atoms with E-state index in [1.165, 1.54) is 82.2 Å². The van der Waals surface area contributed by atoms with Crippen LogP contribution >= 0.6 is 7.60 Å². The molecule has 0 aromatic heterocycles. The van der Waals surface area contributed by atoms with Crippen molar-refractivity contribution in [2.24, 2.45) is 35.5 Å². The van der Waals surface area contributed by atoms with Gasteiger partial charge in [0.25, 0.3) is 11.8 Å². The Bertz CT molecular complexity index is 4220. The Kier molecular flexibility index (Phi) is 46.3. The number of cyclic esters (lactones) is 2. The van der Waals surface area contributed by atoms with Crippen molar-refractivity contribution in [2.75, 3.05) is 60.7 Å². The van der Waals surface area contributed by atoms with Gasteiger partial charge in [-0.25, -0.2) is 10.9 Å². The molecule has 34 nitrogen and oxygen atoms in total. The second kappa shape index (κ2) is 54.0. The second-order valence-corrected chi connectivity index (χ2v) is 34.8. The van der Waals surface area contributed by atoms with E-state index in [2.05, 4.69) is 32.1 Å². The van der Waals surface area contributed by atoms with Crippen LogP contribution in [0.4, 0.5) is 0 Å². The van der Waals surface area contributed by atoms with Gasteiger partial charge in [-0.2, -0.15) is 0 Å². The highest BCUT2D eigenvalue weighted by atomic mass is 31.2. The van der Waals surface area contributed by atoms with Crippen LogP contribution in [0.5, 0.6) is 11.5 Å². The number of nitrogens with one attached hydrogen (secondary N) is 6. The quantitative estimate of drug-likeness (QED) is 0.0208. The Balaban J connectivity index is 0.000000455. The normalized spacial score (nSPS) is 27.2. The number of ether oxygens (including phenoxy) is 2. The average molecular weight is 1770 g/mol. The predicted octanol–water partition coefficient (Wildman–Crippen LogP) is 5.73. The van der Waals surface area contributed by atoms with Gasteiger partial charge in [0.05, 0.1) is 49.5 Å². The van der Waals surface area contributed by atoms with Crippen LogP contribution in [0.1, 0.15) is 158 Å². The smallest absolute Gasteiger partial charge is 0.340 e. The summed E-state index contributed by atoms with van der Waals surface area (Å²) in [5, 5.41) is 78.7. The number of amides is 8. The molecular weight excluding hydrogens is 1640 g/mol. The molecule has 4 heterocycles. The number of ketones is 2. The molecule has 8 amide bonds. The van der Waals surface area contributed by atoms with E-state index < -0.39 is 163 Å². The van der Waals surface area contributed by atoms with Crippen molar-refractivity contribution in [3.63, 3.8) is 0 Å². The summed E-state index contributed by atoms with van der Waals surface area (Å²) in [7, 11) is 3.23. The first-order valence-corrected chi connectivity index (χ1v) is 44.2. The van der Waals surface area contributed by atoms with Gasteiger partial charge in [0.2, 0.25) is 35.4 Å². The molecule has 4 aliphatic rings. The van der Waals surface area contributed by atoms with Crippen molar-refractivity contribution in [1.29, 1.82) is 0 Å². The number of nitrogens with zero attached hydrogens (tertiary/aromatic N) is 4. The molecule has 0 radical (unpaired) electrons. The minimum atomic E-state index is -3.22. The summed E-state index contributed by atoms with van der Waals surface area (Å²) in [6, 6.07) is 5.83. The lowest BCUT2D eigenvalue weighted by Gasteiger charge is -2.36. The molecule has 2 aromatic rings. The van der Waals surface area contributed by atoms with Crippen LogP contribution in [0.2, 0.25) is 0 Å². The molecule has 0 spiro atoms. The zero-order valence-electron chi connectivity index (χ0n) is 74.8. The van der Waals surface area contributed by atoms with E-state index in [0.29, 0.717) is 54.2 Å². The number of rotatable bonds is 23. The SMILES string of the molecule is CC(=O)CC[C@H]1C(=O)N[C@@H](C(C)C)C(=O)N[C@@H](Cc2cccc(O)c2)C(=O)N2CCCC(N2)C(=O)O[C@H](/C(C)=C/C=C/C(=O)N(C)C)C/C=C/C=C/[C@H](O)[C@H](C)[C@H]1O.CC(=O)CC[C@H]1C(=O)N[C@@H](C(C)C)C(=O)N[C@@H](Cc2cccc(O)c2)C(=O)N2CCCC(N2)C(=O)O[C@H](/C(C)=C/C=O)C/C=C/C=C/[C@H](O)[C@H](C)[C@H]1O.CCOP(=O)(CC(=O)N(C)C)OCC. The van der Waals surface area contributed by atoms with Gasteiger partial charge < -0.3 is 89.8 Å². The number of hydrogen-bond acceptors (Lipinski definition) is 26. The van der Waals surface area contributed by atoms with Crippen LogP contribution in [0, 0.1) is 35.5 Å². The fourth-order valence-electron chi connectivity index (χ4n) is 13.7. The molecule has 6 rings (SSSR count).